The Bertz CT molecular complexity index is 614. The van der Waals surface area contributed by atoms with Gasteiger partial charge in [-0.2, -0.15) is 5.26 Å². The maximum Gasteiger partial charge on any atom is 0.287 e. The Balaban J connectivity index is 1.61. The summed E-state index contributed by atoms with van der Waals surface area (Å²) in [4.78, 5) is 15.0. The number of anilines is 1. The van der Waals surface area contributed by atoms with Crippen LogP contribution in [0.25, 0.3) is 0 Å². The monoisotopic (exact) mass is 316 g/mol. The summed E-state index contributed by atoms with van der Waals surface area (Å²) in [6.45, 7) is 6.51. The second kappa shape index (κ2) is 6.94. The van der Waals surface area contributed by atoms with Crippen molar-refractivity contribution in [3.8, 4) is 6.07 Å². The van der Waals surface area contributed by atoms with Crippen LogP contribution in [0.5, 0.6) is 0 Å². The summed E-state index contributed by atoms with van der Waals surface area (Å²) >= 11 is 0. The fourth-order valence-corrected chi connectivity index (χ4v) is 3.25. The van der Waals surface area contributed by atoms with Gasteiger partial charge in [-0.15, -0.1) is 0 Å². The van der Waals surface area contributed by atoms with Gasteiger partial charge in [-0.1, -0.05) is 0 Å². The van der Waals surface area contributed by atoms with Gasteiger partial charge in [0.1, 0.15) is 11.6 Å². The Kier molecular flexibility index (Phi) is 4.74. The van der Waals surface area contributed by atoms with Crippen LogP contribution >= 0.6 is 0 Å². The van der Waals surface area contributed by atoms with Crippen LogP contribution in [0, 0.1) is 27.4 Å². The molecule has 3 rings (SSSR count). The predicted octanol–water partition coefficient (Wildman–Crippen LogP) is 1.62. The number of piperazine rings is 1. The van der Waals surface area contributed by atoms with Gasteiger partial charge in [0.15, 0.2) is 0 Å². The van der Waals surface area contributed by atoms with Crippen molar-refractivity contribution in [1.29, 1.82) is 5.26 Å². The molecular weight excluding hydrogens is 296 g/mol. The van der Waals surface area contributed by atoms with Gasteiger partial charge in [0, 0.05) is 51.1 Å². The molecule has 0 spiro atoms. The van der Waals surface area contributed by atoms with E-state index in [0.29, 0.717) is 5.92 Å². The summed E-state index contributed by atoms with van der Waals surface area (Å²) in [5.41, 5.74) is 0.880. The Morgan fingerprint density at radius 1 is 1.35 bits per heavy atom. The van der Waals surface area contributed by atoms with Crippen LogP contribution in [0.1, 0.15) is 12.0 Å². The second-order valence-electron chi connectivity index (χ2n) is 6.09. The molecule has 1 aromatic rings. The zero-order chi connectivity index (χ0) is 16.2. The molecule has 1 atom stereocenters. The first-order chi connectivity index (χ1) is 11.2. The maximum atomic E-state index is 10.9. The third kappa shape index (κ3) is 3.60. The fraction of sp³-hybridized carbons (Fsp3) is 0.562. The van der Waals surface area contributed by atoms with Crippen molar-refractivity contribution >= 4 is 11.4 Å². The van der Waals surface area contributed by atoms with E-state index in [0.717, 1.165) is 58.0 Å². The Morgan fingerprint density at radius 2 is 2.13 bits per heavy atom. The quantitative estimate of drug-likeness (QED) is 0.620. The Morgan fingerprint density at radius 3 is 2.74 bits per heavy atom. The van der Waals surface area contributed by atoms with E-state index in [1.54, 1.807) is 12.1 Å². The molecule has 122 valence electrons. The molecule has 7 heteroatoms. The SMILES string of the molecule is N#Cc1cc(N2CCN(C[C@H]3CCOC3)CC2)ccc1[N+](=O)[O-]. The molecule has 0 bridgehead atoms. The largest absolute Gasteiger partial charge is 0.381 e. The maximum absolute atomic E-state index is 10.9. The van der Waals surface area contributed by atoms with Gasteiger partial charge in [0.2, 0.25) is 0 Å². The first-order valence-corrected chi connectivity index (χ1v) is 7.91. The van der Waals surface area contributed by atoms with Crippen LogP contribution < -0.4 is 4.90 Å². The highest BCUT2D eigenvalue weighted by atomic mass is 16.6. The molecule has 0 radical (unpaired) electrons. The van der Waals surface area contributed by atoms with E-state index in [-0.39, 0.29) is 11.3 Å². The molecule has 0 unspecified atom stereocenters. The summed E-state index contributed by atoms with van der Waals surface area (Å²) < 4.78 is 5.42. The van der Waals surface area contributed by atoms with Gasteiger partial charge < -0.3 is 9.64 Å². The number of nitrogens with zero attached hydrogens (tertiary/aromatic N) is 4. The van der Waals surface area contributed by atoms with E-state index in [4.69, 9.17) is 10.00 Å². The first kappa shape index (κ1) is 15.7. The number of ether oxygens (including phenoxy) is 1. The Hall–Kier alpha value is -2.17. The lowest BCUT2D eigenvalue weighted by Gasteiger charge is -2.37. The van der Waals surface area contributed by atoms with Crippen LogP contribution in [0.3, 0.4) is 0 Å². The Labute approximate surface area is 135 Å². The van der Waals surface area contributed by atoms with Gasteiger partial charge in [-0.25, -0.2) is 0 Å². The zero-order valence-electron chi connectivity index (χ0n) is 13.0. The van der Waals surface area contributed by atoms with Crippen LogP contribution in [0.2, 0.25) is 0 Å². The van der Waals surface area contributed by atoms with Gasteiger partial charge in [0.05, 0.1) is 11.5 Å². The molecule has 0 amide bonds. The number of hydrogen-bond donors (Lipinski definition) is 0. The third-order valence-electron chi connectivity index (χ3n) is 4.58. The van der Waals surface area contributed by atoms with Crippen molar-refractivity contribution in [3.63, 3.8) is 0 Å². The van der Waals surface area contributed by atoms with E-state index in [1.165, 1.54) is 6.07 Å². The molecule has 2 saturated heterocycles. The number of nitriles is 1. The predicted molar refractivity (Wildman–Crippen MR) is 85.4 cm³/mol. The standard InChI is InChI=1S/C16H20N4O3/c17-10-14-9-15(1-2-16(14)20(21)22)19-6-4-18(5-7-19)11-13-3-8-23-12-13/h1-2,9,13H,3-8,11-12H2/t13-/m1/s1. The normalized spacial score (nSPS) is 22.0. The highest BCUT2D eigenvalue weighted by molar-refractivity contribution is 5.60. The molecule has 2 aliphatic rings. The van der Waals surface area contributed by atoms with E-state index >= 15 is 0 Å². The van der Waals surface area contributed by atoms with Crippen molar-refractivity contribution in [1.82, 2.24) is 4.90 Å². The van der Waals surface area contributed by atoms with Crippen LogP contribution in [0.15, 0.2) is 18.2 Å². The highest BCUT2D eigenvalue weighted by Crippen LogP contribution is 2.25. The van der Waals surface area contributed by atoms with Crippen molar-refractivity contribution < 1.29 is 9.66 Å². The third-order valence-corrected chi connectivity index (χ3v) is 4.58. The minimum atomic E-state index is -0.510. The van der Waals surface area contributed by atoms with Crippen LogP contribution in [0.4, 0.5) is 11.4 Å². The van der Waals surface area contributed by atoms with E-state index in [9.17, 15) is 10.1 Å². The number of benzene rings is 1. The van der Waals surface area contributed by atoms with E-state index < -0.39 is 4.92 Å². The molecule has 1 aromatic carbocycles. The fourth-order valence-electron chi connectivity index (χ4n) is 3.25. The number of hydrogen-bond acceptors (Lipinski definition) is 6. The second-order valence-corrected chi connectivity index (χ2v) is 6.09. The highest BCUT2D eigenvalue weighted by Gasteiger charge is 2.24. The van der Waals surface area contributed by atoms with Crippen molar-refractivity contribution in [3.05, 3.63) is 33.9 Å². The van der Waals surface area contributed by atoms with E-state index in [2.05, 4.69) is 9.80 Å². The van der Waals surface area contributed by atoms with Gasteiger partial charge in [0.25, 0.3) is 5.69 Å². The van der Waals surface area contributed by atoms with Crippen molar-refractivity contribution in [2.75, 3.05) is 50.8 Å². The summed E-state index contributed by atoms with van der Waals surface area (Å²) in [5.74, 6) is 0.645. The summed E-state index contributed by atoms with van der Waals surface area (Å²) in [7, 11) is 0. The van der Waals surface area contributed by atoms with Gasteiger partial charge in [-0.05, 0) is 24.5 Å². The molecule has 0 saturated carbocycles. The molecule has 2 fully saturated rings. The van der Waals surface area contributed by atoms with Gasteiger partial charge >= 0.3 is 0 Å². The smallest absolute Gasteiger partial charge is 0.287 e. The van der Waals surface area contributed by atoms with Crippen molar-refractivity contribution in [2.24, 2.45) is 5.92 Å². The molecule has 0 N–H and O–H groups in total. The summed E-state index contributed by atoms with van der Waals surface area (Å²) in [6.07, 6.45) is 1.15. The summed E-state index contributed by atoms with van der Waals surface area (Å²) in [5, 5.41) is 20.0. The van der Waals surface area contributed by atoms with Crippen molar-refractivity contribution in [2.45, 2.75) is 6.42 Å². The molecular formula is C16H20N4O3. The first-order valence-electron chi connectivity index (χ1n) is 7.91. The zero-order valence-corrected chi connectivity index (χ0v) is 13.0. The molecule has 0 aromatic heterocycles. The molecule has 2 aliphatic heterocycles. The summed E-state index contributed by atoms with van der Waals surface area (Å²) in [6, 6.07) is 6.71. The number of rotatable bonds is 4. The number of nitro groups is 1. The molecule has 2 heterocycles. The minimum absolute atomic E-state index is 0.123. The average Bonchev–Trinajstić information content (AvgIpc) is 3.08. The molecule has 0 aliphatic carbocycles. The minimum Gasteiger partial charge on any atom is -0.381 e. The lowest BCUT2D eigenvalue weighted by molar-refractivity contribution is -0.385. The molecule has 23 heavy (non-hydrogen) atoms. The number of nitro benzene ring substituents is 1. The topological polar surface area (TPSA) is 82.6 Å². The molecule has 7 nitrogen and oxygen atoms in total. The van der Waals surface area contributed by atoms with Crippen LogP contribution in [-0.4, -0.2) is 55.8 Å². The average molecular weight is 316 g/mol. The lowest BCUT2D eigenvalue weighted by Crippen LogP contribution is -2.47. The van der Waals surface area contributed by atoms with Crippen LogP contribution in [-0.2, 0) is 4.74 Å². The van der Waals surface area contributed by atoms with E-state index in [1.807, 2.05) is 6.07 Å². The lowest BCUT2D eigenvalue weighted by atomic mass is 10.1. The van der Waals surface area contributed by atoms with Gasteiger partial charge in [-0.3, -0.25) is 15.0 Å².